The van der Waals surface area contributed by atoms with Gasteiger partial charge in [-0.2, -0.15) is 0 Å². The van der Waals surface area contributed by atoms with Crippen molar-refractivity contribution in [1.29, 1.82) is 0 Å². The van der Waals surface area contributed by atoms with Crippen LogP contribution >= 0.6 is 0 Å². The minimum Gasteiger partial charge on any atom is -0.228 e. The molecular formula is C59H40N2. The maximum Gasteiger partial charge on any atom is 0.160 e. The first-order chi connectivity index (χ1) is 30.0. The summed E-state index contributed by atoms with van der Waals surface area (Å²) in [6, 6.07) is 74.9. The lowest BCUT2D eigenvalue weighted by Gasteiger charge is -2.22. The highest BCUT2D eigenvalue weighted by molar-refractivity contribution is 6.14. The Balaban J connectivity index is 1.05. The second kappa shape index (κ2) is 13.7. The van der Waals surface area contributed by atoms with E-state index in [1.807, 2.05) is 6.07 Å². The van der Waals surface area contributed by atoms with E-state index < -0.39 is 0 Å². The maximum atomic E-state index is 5.29. The third-order valence-corrected chi connectivity index (χ3v) is 13.1. The lowest BCUT2D eigenvalue weighted by atomic mass is 9.81. The lowest BCUT2D eigenvalue weighted by molar-refractivity contribution is 0.661. The van der Waals surface area contributed by atoms with Crippen LogP contribution in [0.1, 0.15) is 25.0 Å². The predicted octanol–water partition coefficient (Wildman–Crippen LogP) is 15.7. The van der Waals surface area contributed by atoms with E-state index in [4.69, 9.17) is 9.97 Å². The molecule has 0 saturated carbocycles. The van der Waals surface area contributed by atoms with Crippen LogP contribution in [0, 0.1) is 0 Å². The van der Waals surface area contributed by atoms with E-state index >= 15 is 0 Å². The van der Waals surface area contributed by atoms with Crippen molar-refractivity contribution in [2.45, 2.75) is 19.3 Å². The fraction of sp³-hybridized carbons (Fsp3) is 0.0508. The number of nitrogens with zero attached hydrogens (tertiary/aromatic N) is 2. The second-order valence-electron chi connectivity index (χ2n) is 16.8. The van der Waals surface area contributed by atoms with E-state index in [2.05, 4.69) is 214 Å². The van der Waals surface area contributed by atoms with Crippen molar-refractivity contribution in [3.63, 3.8) is 0 Å². The molecule has 0 atom stereocenters. The molecule has 0 N–H and O–H groups in total. The molecule has 10 aromatic carbocycles. The first-order valence-electron chi connectivity index (χ1n) is 21.2. The van der Waals surface area contributed by atoms with Gasteiger partial charge in [0.25, 0.3) is 0 Å². The Labute approximate surface area is 355 Å². The molecule has 1 aromatic heterocycles. The molecule has 0 radical (unpaired) electrons. The van der Waals surface area contributed by atoms with Crippen molar-refractivity contribution >= 4 is 43.1 Å². The molecule has 0 amide bonds. The fourth-order valence-electron chi connectivity index (χ4n) is 10.2. The van der Waals surface area contributed by atoms with E-state index in [1.54, 1.807) is 0 Å². The quantitative estimate of drug-likeness (QED) is 0.174. The molecule has 286 valence electrons. The van der Waals surface area contributed by atoms with Crippen molar-refractivity contribution in [2.24, 2.45) is 0 Å². The van der Waals surface area contributed by atoms with Crippen molar-refractivity contribution in [3.05, 3.63) is 217 Å². The molecule has 1 aliphatic rings. The Hall–Kier alpha value is -7.68. The Morgan fingerprint density at radius 1 is 0.311 bits per heavy atom. The molecule has 0 fully saturated rings. The standard InChI is InChI=1S/C59H40N2/c1-59(2)52-29-15-28-51(57(52)56-41-22-9-7-17-38(41)30-35-53(56)59)48-32-31-46(42-23-10-11-24-43(42)48)47-33-34-50(45-26-13-12-25-44(45)47)55-36-54(60-58(61-55)39-18-4-3-5-19-39)49-27-14-20-37-16-6-8-21-40(37)49/h3-36H,1-2H3. The molecule has 2 heteroatoms. The number of rotatable bonds is 5. The lowest BCUT2D eigenvalue weighted by Crippen LogP contribution is -2.14. The van der Waals surface area contributed by atoms with Crippen molar-refractivity contribution in [1.82, 2.24) is 9.97 Å². The van der Waals surface area contributed by atoms with Crippen LogP contribution in [-0.4, -0.2) is 9.97 Å². The van der Waals surface area contributed by atoms with Crippen LogP contribution in [0.2, 0.25) is 0 Å². The fourth-order valence-corrected chi connectivity index (χ4v) is 10.2. The molecule has 12 rings (SSSR count). The van der Waals surface area contributed by atoms with Gasteiger partial charge in [0.05, 0.1) is 11.4 Å². The van der Waals surface area contributed by atoms with Gasteiger partial charge >= 0.3 is 0 Å². The van der Waals surface area contributed by atoms with E-state index in [-0.39, 0.29) is 5.41 Å². The highest BCUT2D eigenvalue weighted by atomic mass is 14.9. The van der Waals surface area contributed by atoms with Crippen LogP contribution in [0.4, 0.5) is 0 Å². The first kappa shape index (κ1) is 35.3. The average molecular weight is 777 g/mol. The third kappa shape index (κ3) is 5.49. The van der Waals surface area contributed by atoms with Crippen molar-refractivity contribution in [2.75, 3.05) is 0 Å². The SMILES string of the molecule is CC1(C)c2cccc(-c3ccc(-c4ccc(-c5cc(-c6cccc7ccccc67)nc(-c6ccccc6)n5)c5ccccc45)c4ccccc34)c2-c2c1ccc1ccccc21. The zero-order chi connectivity index (χ0) is 40.7. The van der Waals surface area contributed by atoms with Crippen LogP contribution in [0.25, 0.3) is 110 Å². The van der Waals surface area contributed by atoms with Gasteiger partial charge in [-0.05, 0) is 93.7 Å². The molecule has 1 heterocycles. The molecule has 0 spiro atoms. The number of hydrogen-bond donors (Lipinski definition) is 0. The summed E-state index contributed by atoms with van der Waals surface area (Å²) in [7, 11) is 0. The smallest absolute Gasteiger partial charge is 0.160 e. The number of hydrogen-bond acceptors (Lipinski definition) is 2. The third-order valence-electron chi connectivity index (χ3n) is 13.1. The predicted molar refractivity (Wildman–Crippen MR) is 257 cm³/mol. The Kier molecular flexibility index (Phi) is 7.92. The molecule has 61 heavy (non-hydrogen) atoms. The van der Waals surface area contributed by atoms with Gasteiger partial charge in [0.2, 0.25) is 0 Å². The van der Waals surface area contributed by atoms with Crippen molar-refractivity contribution in [3.8, 4) is 67.3 Å². The highest BCUT2D eigenvalue weighted by Crippen LogP contribution is 2.55. The van der Waals surface area contributed by atoms with E-state index in [0.29, 0.717) is 5.82 Å². The number of benzene rings is 10. The Bertz CT molecular complexity index is 3560. The summed E-state index contributed by atoms with van der Waals surface area (Å²) >= 11 is 0. The van der Waals surface area contributed by atoms with E-state index in [1.165, 1.54) is 82.2 Å². The largest absolute Gasteiger partial charge is 0.228 e. The van der Waals surface area contributed by atoms with Crippen molar-refractivity contribution < 1.29 is 0 Å². The molecule has 0 bridgehead atoms. The minimum absolute atomic E-state index is 0.109. The zero-order valence-corrected chi connectivity index (χ0v) is 34.0. The summed E-state index contributed by atoms with van der Waals surface area (Å²) in [5.74, 6) is 0.710. The molecule has 0 aliphatic heterocycles. The average Bonchev–Trinajstić information content (AvgIpc) is 3.57. The molecule has 2 nitrogen and oxygen atoms in total. The van der Waals surface area contributed by atoms with Gasteiger partial charge in [0, 0.05) is 22.1 Å². The summed E-state index contributed by atoms with van der Waals surface area (Å²) in [6.07, 6.45) is 0. The van der Waals surface area contributed by atoms with E-state index in [9.17, 15) is 0 Å². The Morgan fingerprint density at radius 2 is 0.754 bits per heavy atom. The van der Waals surface area contributed by atoms with Gasteiger partial charge in [-0.3, -0.25) is 0 Å². The summed E-state index contributed by atoms with van der Waals surface area (Å²) in [5, 5.41) is 9.77. The molecule has 1 aliphatic carbocycles. The Morgan fingerprint density at radius 3 is 1.41 bits per heavy atom. The normalized spacial score (nSPS) is 12.9. The van der Waals surface area contributed by atoms with Gasteiger partial charge in [0.15, 0.2) is 5.82 Å². The number of aromatic nitrogens is 2. The summed E-state index contributed by atoms with van der Waals surface area (Å²) in [4.78, 5) is 10.5. The van der Waals surface area contributed by atoms with Crippen LogP contribution in [0.5, 0.6) is 0 Å². The van der Waals surface area contributed by atoms with E-state index in [0.717, 1.165) is 33.5 Å². The van der Waals surface area contributed by atoms with Crippen LogP contribution in [-0.2, 0) is 5.41 Å². The van der Waals surface area contributed by atoms with Gasteiger partial charge in [0.1, 0.15) is 0 Å². The molecular weight excluding hydrogens is 737 g/mol. The molecule has 0 unspecified atom stereocenters. The number of fused-ring (bicyclic) bond motifs is 8. The maximum absolute atomic E-state index is 5.29. The molecule has 0 saturated heterocycles. The summed E-state index contributed by atoms with van der Waals surface area (Å²) in [6.45, 7) is 4.75. The second-order valence-corrected chi connectivity index (χ2v) is 16.8. The van der Waals surface area contributed by atoms with Crippen LogP contribution in [0.15, 0.2) is 206 Å². The van der Waals surface area contributed by atoms with Gasteiger partial charge in [-0.1, -0.05) is 214 Å². The summed E-state index contributed by atoms with van der Waals surface area (Å²) < 4.78 is 0. The van der Waals surface area contributed by atoms with Gasteiger partial charge < -0.3 is 0 Å². The zero-order valence-electron chi connectivity index (χ0n) is 34.0. The first-order valence-corrected chi connectivity index (χ1v) is 21.2. The molecule has 11 aromatic rings. The van der Waals surface area contributed by atoms with Crippen LogP contribution in [0.3, 0.4) is 0 Å². The monoisotopic (exact) mass is 776 g/mol. The summed E-state index contributed by atoms with van der Waals surface area (Å²) in [5.41, 5.74) is 15.3. The van der Waals surface area contributed by atoms with Gasteiger partial charge in [-0.15, -0.1) is 0 Å². The minimum atomic E-state index is -0.109. The topological polar surface area (TPSA) is 25.8 Å². The highest BCUT2D eigenvalue weighted by Gasteiger charge is 2.38. The van der Waals surface area contributed by atoms with Gasteiger partial charge in [-0.25, -0.2) is 9.97 Å². The van der Waals surface area contributed by atoms with Crippen LogP contribution < -0.4 is 0 Å².